The molecule has 0 spiro atoms. The Bertz CT molecular complexity index is 450. The number of hydrogen-bond acceptors (Lipinski definition) is 4. The molecule has 0 aliphatic carbocycles. The number of anilines is 2. The normalized spacial score (nSPS) is 17.8. The van der Waals surface area contributed by atoms with Crippen molar-refractivity contribution >= 4 is 11.6 Å². The topological polar surface area (TPSA) is 41.1 Å². The van der Waals surface area contributed by atoms with Crippen molar-refractivity contribution in [1.82, 2.24) is 9.97 Å². The molecule has 1 N–H and O–H groups in total. The Morgan fingerprint density at radius 1 is 1.19 bits per heavy atom. The van der Waals surface area contributed by atoms with Gasteiger partial charge in [0, 0.05) is 25.2 Å². The molecule has 2 rings (SSSR count). The third-order valence-electron chi connectivity index (χ3n) is 4.94. The van der Waals surface area contributed by atoms with Gasteiger partial charge in [-0.2, -0.15) is 0 Å². The number of rotatable bonds is 6. The highest BCUT2D eigenvalue weighted by molar-refractivity contribution is 5.59. The van der Waals surface area contributed by atoms with E-state index in [-0.39, 0.29) is 0 Å². The minimum Gasteiger partial charge on any atom is -0.370 e. The Balaban J connectivity index is 2.16. The molecule has 0 amide bonds. The zero-order valence-corrected chi connectivity index (χ0v) is 14.1. The fraction of sp³-hybridized carbons (Fsp3) is 0.765. The van der Waals surface area contributed by atoms with Crippen molar-refractivity contribution in [3.8, 4) is 0 Å². The lowest BCUT2D eigenvalue weighted by Crippen LogP contribution is -2.39. The van der Waals surface area contributed by atoms with E-state index in [0.29, 0.717) is 5.41 Å². The Morgan fingerprint density at radius 3 is 2.48 bits per heavy atom. The van der Waals surface area contributed by atoms with Crippen LogP contribution >= 0.6 is 0 Å². The summed E-state index contributed by atoms with van der Waals surface area (Å²) in [6.07, 6.45) is 7.59. The summed E-state index contributed by atoms with van der Waals surface area (Å²) in [7, 11) is 0. The maximum absolute atomic E-state index is 4.59. The SMILES string of the molecule is CCCNc1ncnc(N2CCC(C)(CC)CC2)c1CC. The minimum atomic E-state index is 0.513. The summed E-state index contributed by atoms with van der Waals surface area (Å²) in [6.45, 7) is 12.3. The highest BCUT2D eigenvalue weighted by atomic mass is 15.2. The third kappa shape index (κ3) is 3.66. The molecule has 0 saturated carbocycles. The lowest BCUT2D eigenvalue weighted by molar-refractivity contribution is 0.237. The molecule has 4 heteroatoms. The number of piperidine rings is 1. The van der Waals surface area contributed by atoms with E-state index in [2.05, 4.69) is 47.9 Å². The van der Waals surface area contributed by atoms with Crippen LogP contribution in [0.15, 0.2) is 6.33 Å². The van der Waals surface area contributed by atoms with E-state index in [0.717, 1.165) is 44.1 Å². The second-order valence-electron chi connectivity index (χ2n) is 6.46. The summed E-state index contributed by atoms with van der Waals surface area (Å²) in [6, 6.07) is 0. The molecule has 0 radical (unpaired) electrons. The fourth-order valence-electron chi connectivity index (χ4n) is 3.01. The van der Waals surface area contributed by atoms with Crippen molar-refractivity contribution in [3.05, 3.63) is 11.9 Å². The Labute approximate surface area is 129 Å². The van der Waals surface area contributed by atoms with Crippen LogP contribution in [0.2, 0.25) is 0 Å². The van der Waals surface area contributed by atoms with Gasteiger partial charge in [0.15, 0.2) is 0 Å². The summed E-state index contributed by atoms with van der Waals surface area (Å²) < 4.78 is 0. The Kier molecular flexibility index (Phi) is 5.43. The zero-order chi connectivity index (χ0) is 15.3. The molecule has 0 aromatic carbocycles. The van der Waals surface area contributed by atoms with Gasteiger partial charge in [-0.05, 0) is 31.1 Å². The first-order valence-electron chi connectivity index (χ1n) is 8.46. The predicted molar refractivity (Wildman–Crippen MR) is 90.0 cm³/mol. The molecule has 21 heavy (non-hydrogen) atoms. The van der Waals surface area contributed by atoms with Crippen LogP contribution in [0.4, 0.5) is 11.6 Å². The molecule has 1 fully saturated rings. The van der Waals surface area contributed by atoms with Crippen molar-refractivity contribution in [3.63, 3.8) is 0 Å². The molecule has 1 aliphatic heterocycles. The average molecular weight is 290 g/mol. The van der Waals surface area contributed by atoms with Gasteiger partial charge in [0.1, 0.15) is 18.0 Å². The third-order valence-corrected chi connectivity index (χ3v) is 4.94. The van der Waals surface area contributed by atoms with Crippen molar-refractivity contribution in [2.24, 2.45) is 5.41 Å². The van der Waals surface area contributed by atoms with Gasteiger partial charge >= 0.3 is 0 Å². The number of nitrogens with zero attached hydrogens (tertiary/aromatic N) is 3. The molecular weight excluding hydrogens is 260 g/mol. The van der Waals surface area contributed by atoms with Crippen LogP contribution in [0.1, 0.15) is 58.9 Å². The van der Waals surface area contributed by atoms with Gasteiger partial charge in [-0.25, -0.2) is 9.97 Å². The van der Waals surface area contributed by atoms with E-state index < -0.39 is 0 Å². The van der Waals surface area contributed by atoms with E-state index in [9.17, 15) is 0 Å². The van der Waals surface area contributed by atoms with E-state index in [1.165, 1.54) is 24.8 Å². The highest BCUT2D eigenvalue weighted by Crippen LogP contribution is 2.36. The van der Waals surface area contributed by atoms with Crippen molar-refractivity contribution in [1.29, 1.82) is 0 Å². The lowest BCUT2D eigenvalue weighted by Gasteiger charge is -2.40. The van der Waals surface area contributed by atoms with Crippen LogP contribution in [0.25, 0.3) is 0 Å². The first-order chi connectivity index (χ1) is 10.1. The van der Waals surface area contributed by atoms with E-state index >= 15 is 0 Å². The van der Waals surface area contributed by atoms with Crippen LogP contribution in [-0.4, -0.2) is 29.6 Å². The number of nitrogens with one attached hydrogen (secondary N) is 1. The van der Waals surface area contributed by atoms with E-state index in [1.807, 2.05) is 0 Å². The van der Waals surface area contributed by atoms with Gasteiger partial charge in [0.25, 0.3) is 0 Å². The molecule has 1 aromatic rings. The summed E-state index contributed by atoms with van der Waals surface area (Å²) in [4.78, 5) is 11.5. The standard InChI is InChI=1S/C17H30N4/c1-5-10-18-15-14(6-2)16(20-13-19-15)21-11-8-17(4,7-3)9-12-21/h13H,5-12H2,1-4H3,(H,18,19,20). The largest absolute Gasteiger partial charge is 0.370 e. The Morgan fingerprint density at radius 2 is 1.90 bits per heavy atom. The average Bonchev–Trinajstić information content (AvgIpc) is 2.53. The molecule has 0 unspecified atom stereocenters. The lowest BCUT2D eigenvalue weighted by atomic mass is 9.78. The summed E-state index contributed by atoms with van der Waals surface area (Å²) in [5.74, 6) is 2.16. The fourth-order valence-corrected chi connectivity index (χ4v) is 3.01. The second kappa shape index (κ2) is 7.10. The summed E-state index contributed by atoms with van der Waals surface area (Å²) >= 11 is 0. The van der Waals surface area contributed by atoms with E-state index in [4.69, 9.17) is 0 Å². The molecule has 1 aromatic heterocycles. The molecule has 1 aliphatic rings. The minimum absolute atomic E-state index is 0.513. The van der Waals surface area contributed by atoms with Crippen molar-refractivity contribution in [2.75, 3.05) is 29.9 Å². The molecule has 2 heterocycles. The number of aromatic nitrogens is 2. The second-order valence-corrected chi connectivity index (χ2v) is 6.46. The van der Waals surface area contributed by atoms with Crippen LogP contribution in [0.3, 0.4) is 0 Å². The van der Waals surface area contributed by atoms with Crippen LogP contribution in [-0.2, 0) is 6.42 Å². The first kappa shape index (κ1) is 16.1. The van der Waals surface area contributed by atoms with Crippen molar-refractivity contribution in [2.45, 2.75) is 59.8 Å². The van der Waals surface area contributed by atoms with Crippen molar-refractivity contribution < 1.29 is 0 Å². The quantitative estimate of drug-likeness (QED) is 0.863. The Hall–Kier alpha value is -1.32. The molecule has 1 saturated heterocycles. The maximum atomic E-state index is 4.59. The van der Waals surface area contributed by atoms with Gasteiger partial charge in [-0.1, -0.05) is 34.1 Å². The monoisotopic (exact) mass is 290 g/mol. The van der Waals surface area contributed by atoms with Gasteiger partial charge in [-0.3, -0.25) is 0 Å². The van der Waals surface area contributed by atoms with Gasteiger partial charge in [0.2, 0.25) is 0 Å². The molecule has 0 atom stereocenters. The van der Waals surface area contributed by atoms with Gasteiger partial charge in [-0.15, -0.1) is 0 Å². The zero-order valence-electron chi connectivity index (χ0n) is 14.1. The molecule has 0 bridgehead atoms. The van der Waals surface area contributed by atoms with Crippen LogP contribution in [0, 0.1) is 5.41 Å². The highest BCUT2D eigenvalue weighted by Gasteiger charge is 2.29. The maximum Gasteiger partial charge on any atom is 0.137 e. The molecular formula is C17H30N4. The van der Waals surface area contributed by atoms with E-state index in [1.54, 1.807) is 6.33 Å². The first-order valence-corrected chi connectivity index (χ1v) is 8.46. The van der Waals surface area contributed by atoms with Gasteiger partial charge < -0.3 is 10.2 Å². The van der Waals surface area contributed by atoms with Crippen LogP contribution in [0.5, 0.6) is 0 Å². The predicted octanol–water partition coefficient (Wildman–Crippen LogP) is 3.88. The van der Waals surface area contributed by atoms with Crippen LogP contribution < -0.4 is 10.2 Å². The summed E-state index contributed by atoms with van der Waals surface area (Å²) in [5.41, 5.74) is 1.78. The smallest absolute Gasteiger partial charge is 0.137 e. The van der Waals surface area contributed by atoms with Gasteiger partial charge in [0.05, 0.1) is 0 Å². The molecule has 118 valence electrons. The molecule has 4 nitrogen and oxygen atoms in total. The number of hydrogen-bond donors (Lipinski definition) is 1. The summed E-state index contributed by atoms with van der Waals surface area (Å²) in [5, 5.41) is 3.44.